The Balaban J connectivity index is 2.54. The molecule has 0 aliphatic carbocycles. The van der Waals surface area contributed by atoms with Crippen LogP contribution < -0.4 is 5.73 Å². The van der Waals surface area contributed by atoms with Crippen LogP contribution >= 0.6 is 0 Å². The number of benzene rings is 2. The fourth-order valence-corrected chi connectivity index (χ4v) is 2.67. The van der Waals surface area contributed by atoms with Crippen molar-refractivity contribution in [3.05, 3.63) is 68.3 Å². The molecule has 2 aromatic carbocycles. The number of ether oxygens (including phenoxy) is 3. The quantitative estimate of drug-likeness (QED) is 0.184. The minimum absolute atomic E-state index is 0.00269. The van der Waals surface area contributed by atoms with Gasteiger partial charge >= 0.3 is 17.9 Å². The van der Waals surface area contributed by atoms with Crippen molar-refractivity contribution in [1.29, 1.82) is 0 Å². The molecule has 10 nitrogen and oxygen atoms in total. The molecule has 2 N–H and O–H groups in total. The second-order valence-corrected chi connectivity index (χ2v) is 7.71. The number of nitrogens with zero attached hydrogens (tertiary/aromatic N) is 1. The maximum Gasteiger partial charge on any atom is 0.338 e. The van der Waals surface area contributed by atoms with Crippen LogP contribution in [0, 0.1) is 22.0 Å². The number of hydrogen-bond donors (Lipinski definition) is 1. The van der Waals surface area contributed by atoms with E-state index in [0.29, 0.717) is 0 Å². The lowest BCUT2D eigenvalue weighted by atomic mass is 10.0. The normalized spacial score (nSPS) is 10.5. The standard InChI is InChI=1S/C23H22N2O8/c1-23(2,3)33-20(26)15-9-7-13(19(11-15)25(29)30)6-8-14-10-16(21(27)31-4)17(12-18(14)24)22(28)32-5/h7,9-12H,24H2,1-5H3. The van der Waals surface area contributed by atoms with Crippen LogP contribution in [0.5, 0.6) is 0 Å². The lowest BCUT2D eigenvalue weighted by Gasteiger charge is -2.19. The number of carbonyl (C=O) groups excluding carboxylic acids is 3. The summed E-state index contributed by atoms with van der Waals surface area (Å²) in [5, 5.41) is 11.5. The van der Waals surface area contributed by atoms with E-state index in [4.69, 9.17) is 10.5 Å². The first-order chi connectivity index (χ1) is 15.4. The molecule has 0 fully saturated rings. The fraction of sp³-hybridized carbons (Fsp3) is 0.261. The van der Waals surface area contributed by atoms with Crippen molar-refractivity contribution < 1.29 is 33.5 Å². The summed E-state index contributed by atoms with van der Waals surface area (Å²) in [5.41, 5.74) is 4.71. The van der Waals surface area contributed by atoms with E-state index >= 15 is 0 Å². The van der Waals surface area contributed by atoms with Gasteiger partial charge in [0.2, 0.25) is 0 Å². The molecule has 0 saturated carbocycles. The van der Waals surface area contributed by atoms with Gasteiger partial charge in [-0.3, -0.25) is 10.1 Å². The van der Waals surface area contributed by atoms with E-state index in [1.165, 1.54) is 24.3 Å². The zero-order valence-electron chi connectivity index (χ0n) is 18.7. The fourth-order valence-electron chi connectivity index (χ4n) is 2.67. The highest BCUT2D eigenvalue weighted by Crippen LogP contribution is 2.24. The molecule has 33 heavy (non-hydrogen) atoms. The van der Waals surface area contributed by atoms with Crippen molar-refractivity contribution in [1.82, 2.24) is 0 Å². The summed E-state index contributed by atoms with van der Waals surface area (Å²) >= 11 is 0. The van der Waals surface area contributed by atoms with Gasteiger partial charge in [0.15, 0.2) is 0 Å². The van der Waals surface area contributed by atoms with E-state index < -0.39 is 34.1 Å². The Hall–Kier alpha value is -4.39. The first kappa shape index (κ1) is 24.9. The van der Waals surface area contributed by atoms with Crippen molar-refractivity contribution in [2.75, 3.05) is 20.0 Å². The zero-order valence-corrected chi connectivity index (χ0v) is 18.7. The largest absolute Gasteiger partial charge is 0.465 e. The molecular formula is C23H22N2O8. The lowest BCUT2D eigenvalue weighted by Crippen LogP contribution is -2.23. The van der Waals surface area contributed by atoms with Crippen LogP contribution in [0.3, 0.4) is 0 Å². The summed E-state index contributed by atoms with van der Waals surface area (Å²) in [5.74, 6) is 2.96. The third kappa shape index (κ3) is 6.07. The SMILES string of the molecule is COC(=O)c1cc(N)c(C#Cc2ccc(C(=O)OC(C)(C)C)cc2[N+](=O)[O-])cc1C(=O)OC. The second kappa shape index (κ2) is 9.82. The van der Waals surface area contributed by atoms with Crippen molar-refractivity contribution in [2.24, 2.45) is 0 Å². The van der Waals surface area contributed by atoms with E-state index in [9.17, 15) is 24.5 Å². The maximum absolute atomic E-state index is 12.2. The van der Waals surface area contributed by atoms with Crippen molar-refractivity contribution in [2.45, 2.75) is 26.4 Å². The molecule has 0 aromatic heterocycles. The van der Waals surface area contributed by atoms with E-state index in [1.807, 2.05) is 0 Å². The van der Waals surface area contributed by atoms with Crippen LogP contribution in [-0.2, 0) is 14.2 Å². The minimum Gasteiger partial charge on any atom is -0.465 e. The smallest absolute Gasteiger partial charge is 0.338 e. The van der Waals surface area contributed by atoms with Crippen LogP contribution in [0.4, 0.5) is 11.4 Å². The average molecular weight is 454 g/mol. The molecule has 0 aliphatic rings. The molecule has 0 aliphatic heterocycles. The van der Waals surface area contributed by atoms with E-state index in [2.05, 4.69) is 21.3 Å². The van der Waals surface area contributed by atoms with Crippen molar-refractivity contribution in [3.63, 3.8) is 0 Å². The lowest BCUT2D eigenvalue weighted by molar-refractivity contribution is -0.385. The molecule has 0 atom stereocenters. The van der Waals surface area contributed by atoms with Crippen molar-refractivity contribution >= 4 is 29.3 Å². The third-order valence-electron chi connectivity index (χ3n) is 4.16. The molecule has 2 aromatic rings. The molecule has 0 unspecified atom stereocenters. The molecule has 0 radical (unpaired) electrons. The summed E-state index contributed by atoms with van der Waals surface area (Å²) in [7, 11) is 2.29. The van der Waals surface area contributed by atoms with Gasteiger partial charge < -0.3 is 19.9 Å². The highest BCUT2D eigenvalue weighted by atomic mass is 16.6. The number of anilines is 1. The third-order valence-corrected chi connectivity index (χ3v) is 4.16. The van der Waals surface area contributed by atoms with Gasteiger partial charge in [0.1, 0.15) is 11.2 Å². The van der Waals surface area contributed by atoms with Gasteiger partial charge in [0, 0.05) is 17.3 Å². The molecule has 0 spiro atoms. The number of nitrogens with two attached hydrogens (primary N) is 1. The summed E-state index contributed by atoms with van der Waals surface area (Å²) < 4.78 is 14.6. The maximum atomic E-state index is 12.2. The number of esters is 3. The Labute approximate surface area is 189 Å². The predicted octanol–water partition coefficient (Wildman–Crippen LogP) is 3.11. The Morgan fingerprint density at radius 3 is 1.97 bits per heavy atom. The van der Waals surface area contributed by atoms with Gasteiger partial charge in [0.25, 0.3) is 5.69 Å². The zero-order chi connectivity index (χ0) is 24.9. The van der Waals surface area contributed by atoms with Crippen LogP contribution in [0.15, 0.2) is 30.3 Å². The molecule has 0 heterocycles. The first-order valence-corrected chi connectivity index (χ1v) is 9.52. The van der Waals surface area contributed by atoms with Crippen LogP contribution in [-0.4, -0.2) is 42.7 Å². The van der Waals surface area contributed by atoms with Crippen LogP contribution in [0.1, 0.15) is 63.0 Å². The van der Waals surface area contributed by atoms with Gasteiger partial charge in [-0.05, 0) is 45.0 Å². The van der Waals surface area contributed by atoms with Gasteiger partial charge in [-0.2, -0.15) is 0 Å². The number of nitro groups is 1. The predicted molar refractivity (Wildman–Crippen MR) is 118 cm³/mol. The van der Waals surface area contributed by atoms with Gasteiger partial charge in [-0.1, -0.05) is 11.8 Å². The summed E-state index contributed by atoms with van der Waals surface area (Å²) in [6, 6.07) is 6.18. The molecule has 0 saturated heterocycles. The van der Waals surface area contributed by atoms with E-state index in [0.717, 1.165) is 20.3 Å². The molecule has 10 heteroatoms. The van der Waals surface area contributed by atoms with Gasteiger partial charge in [-0.25, -0.2) is 14.4 Å². The average Bonchev–Trinajstić information content (AvgIpc) is 2.75. The van der Waals surface area contributed by atoms with Crippen LogP contribution in [0.25, 0.3) is 0 Å². The van der Waals surface area contributed by atoms with Crippen molar-refractivity contribution in [3.8, 4) is 11.8 Å². The van der Waals surface area contributed by atoms with Gasteiger partial charge in [0.05, 0.1) is 35.8 Å². The summed E-state index contributed by atoms with van der Waals surface area (Å²) in [4.78, 5) is 47.1. The highest BCUT2D eigenvalue weighted by molar-refractivity contribution is 6.04. The molecular weight excluding hydrogens is 432 g/mol. The molecule has 0 bridgehead atoms. The number of nitrogen functional groups attached to an aromatic ring is 1. The highest BCUT2D eigenvalue weighted by Gasteiger charge is 2.23. The Kier molecular flexibility index (Phi) is 7.41. The number of methoxy groups -OCH3 is 2. The Morgan fingerprint density at radius 1 is 0.909 bits per heavy atom. The van der Waals surface area contributed by atoms with Crippen LogP contribution in [0.2, 0.25) is 0 Å². The first-order valence-electron chi connectivity index (χ1n) is 9.52. The van der Waals surface area contributed by atoms with E-state index in [-0.39, 0.29) is 33.5 Å². The number of rotatable bonds is 4. The number of nitro benzene ring substituents is 1. The Morgan fingerprint density at radius 2 is 1.45 bits per heavy atom. The monoisotopic (exact) mass is 454 g/mol. The topological polar surface area (TPSA) is 148 Å². The molecule has 2 rings (SSSR count). The minimum atomic E-state index is -0.814. The molecule has 172 valence electrons. The number of carbonyl (C=O) groups is 3. The number of hydrogen-bond acceptors (Lipinski definition) is 9. The van der Waals surface area contributed by atoms with E-state index in [1.54, 1.807) is 20.8 Å². The second-order valence-electron chi connectivity index (χ2n) is 7.71. The van der Waals surface area contributed by atoms with Gasteiger partial charge in [-0.15, -0.1) is 0 Å². The summed E-state index contributed by atoms with van der Waals surface area (Å²) in [6.07, 6.45) is 0. The summed E-state index contributed by atoms with van der Waals surface area (Å²) in [6.45, 7) is 5.03. The molecule has 0 amide bonds. The Bertz CT molecular complexity index is 1200.